The predicted molar refractivity (Wildman–Crippen MR) is 161 cm³/mol. The van der Waals surface area contributed by atoms with Gasteiger partial charge in [0.15, 0.2) is 11.5 Å². The van der Waals surface area contributed by atoms with E-state index in [0.29, 0.717) is 48.2 Å². The van der Waals surface area contributed by atoms with Gasteiger partial charge in [0.2, 0.25) is 11.8 Å². The van der Waals surface area contributed by atoms with Crippen molar-refractivity contribution in [3.8, 4) is 11.5 Å². The smallest absolute Gasteiger partial charge is 0.247 e. The van der Waals surface area contributed by atoms with Gasteiger partial charge < -0.3 is 35.0 Å². The standard InChI is InChI=1S/C28H33Cl2IN2O7/c1-3-4-25(36)33(14-16-5-6-19(29)20(30)9-16)22-12-18(28(38)32-7-8-34)13-23(26(22)37)40-27-21(31)10-17(15-35)11-24(27)39-2/h5-6,9-11,13,22-23,26,34-35,37H,3-4,7-8,12,14-15H2,1-2H3,(H,32,38)/t22-,23+,26+/m1/s1. The van der Waals surface area contributed by atoms with E-state index >= 15 is 0 Å². The summed E-state index contributed by atoms with van der Waals surface area (Å²) in [5, 5.41) is 33.8. The molecule has 0 fully saturated rings. The van der Waals surface area contributed by atoms with E-state index in [0.717, 1.165) is 0 Å². The number of rotatable bonds is 12. The van der Waals surface area contributed by atoms with Crippen LogP contribution < -0.4 is 14.8 Å². The lowest BCUT2D eigenvalue weighted by Gasteiger charge is -2.41. The molecule has 9 nitrogen and oxygen atoms in total. The van der Waals surface area contributed by atoms with E-state index < -0.39 is 24.2 Å². The molecule has 0 aliphatic heterocycles. The average Bonchev–Trinajstić information content (AvgIpc) is 2.94. The van der Waals surface area contributed by atoms with E-state index in [1.807, 2.05) is 29.5 Å². The summed E-state index contributed by atoms with van der Waals surface area (Å²) in [6, 6.07) is 7.60. The molecule has 2 aromatic rings. The molecule has 0 saturated heterocycles. The number of aliphatic hydroxyl groups excluding tert-OH is 3. The van der Waals surface area contributed by atoms with Crippen LogP contribution in [0.25, 0.3) is 0 Å². The Morgan fingerprint density at radius 1 is 1.15 bits per heavy atom. The zero-order valence-corrected chi connectivity index (χ0v) is 25.9. The van der Waals surface area contributed by atoms with Crippen LogP contribution in [0.4, 0.5) is 0 Å². The third-order valence-electron chi connectivity index (χ3n) is 6.46. The highest BCUT2D eigenvalue weighted by molar-refractivity contribution is 14.1. The third-order valence-corrected chi connectivity index (χ3v) is 8.00. The summed E-state index contributed by atoms with van der Waals surface area (Å²) in [5.74, 6) is 0.0362. The molecule has 3 rings (SSSR count). The van der Waals surface area contributed by atoms with Crippen molar-refractivity contribution in [3.05, 3.63) is 66.7 Å². The second-order valence-corrected chi connectivity index (χ2v) is 11.3. The Balaban J connectivity index is 2.04. The molecule has 4 N–H and O–H groups in total. The van der Waals surface area contributed by atoms with Gasteiger partial charge in [-0.2, -0.15) is 0 Å². The first kappa shape index (κ1) is 32.4. The number of hydrogen-bond acceptors (Lipinski definition) is 7. The van der Waals surface area contributed by atoms with E-state index in [1.165, 1.54) is 13.2 Å². The normalized spacial score (nSPS) is 18.6. The van der Waals surface area contributed by atoms with Gasteiger partial charge in [-0.05, 0) is 70.5 Å². The van der Waals surface area contributed by atoms with Crippen molar-refractivity contribution in [1.29, 1.82) is 0 Å². The van der Waals surface area contributed by atoms with E-state index in [1.54, 1.807) is 35.2 Å². The first-order chi connectivity index (χ1) is 19.1. The van der Waals surface area contributed by atoms with E-state index in [9.17, 15) is 24.9 Å². The maximum absolute atomic E-state index is 13.4. The zero-order valence-electron chi connectivity index (χ0n) is 22.2. The number of carbonyl (C=O) groups excluding carboxylic acids is 2. The van der Waals surface area contributed by atoms with Crippen LogP contribution in [0.15, 0.2) is 42.0 Å². The molecule has 40 heavy (non-hydrogen) atoms. The lowest BCUT2D eigenvalue weighted by Crippen LogP contribution is -2.54. The number of carbonyl (C=O) groups is 2. The van der Waals surface area contributed by atoms with Gasteiger partial charge in [0.05, 0.1) is 40.0 Å². The summed E-state index contributed by atoms with van der Waals surface area (Å²) < 4.78 is 12.4. The number of hydrogen-bond donors (Lipinski definition) is 4. The minimum Gasteiger partial charge on any atom is -0.493 e. The molecule has 218 valence electrons. The Bertz CT molecular complexity index is 1240. The molecular weight excluding hydrogens is 674 g/mol. The highest BCUT2D eigenvalue weighted by Gasteiger charge is 2.40. The first-order valence-corrected chi connectivity index (χ1v) is 14.6. The van der Waals surface area contributed by atoms with Crippen LogP contribution in [-0.2, 0) is 22.7 Å². The fraction of sp³-hybridized carbons (Fsp3) is 0.429. The monoisotopic (exact) mass is 706 g/mol. The fourth-order valence-corrected chi connectivity index (χ4v) is 5.59. The third kappa shape index (κ3) is 8.01. The predicted octanol–water partition coefficient (Wildman–Crippen LogP) is 3.84. The molecule has 0 spiro atoms. The number of benzene rings is 2. The lowest BCUT2D eigenvalue weighted by atomic mass is 9.87. The Labute approximate surface area is 257 Å². The van der Waals surface area contributed by atoms with Crippen LogP contribution in [0.5, 0.6) is 11.5 Å². The molecule has 3 atom stereocenters. The Hall–Kier alpha value is -2.09. The summed E-state index contributed by atoms with van der Waals surface area (Å²) in [4.78, 5) is 28.0. The van der Waals surface area contributed by atoms with Gasteiger partial charge in [-0.1, -0.05) is 36.2 Å². The molecule has 0 saturated carbocycles. The van der Waals surface area contributed by atoms with Gasteiger partial charge in [-0.25, -0.2) is 0 Å². The van der Waals surface area contributed by atoms with Crippen LogP contribution in [0.1, 0.15) is 37.3 Å². The number of amides is 2. The largest absolute Gasteiger partial charge is 0.493 e. The second-order valence-electron chi connectivity index (χ2n) is 9.30. The zero-order chi connectivity index (χ0) is 29.4. The SMILES string of the molecule is CCCC(=O)N(Cc1ccc(Cl)c(Cl)c1)[C@@H]1CC(C(=O)NCCO)=C[C@H](Oc2c(I)cc(CO)cc2OC)[C@H]1O. The van der Waals surface area contributed by atoms with Crippen molar-refractivity contribution >= 4 is 57.6 Å². The van der Waals surface area contributed by atoms with Crippen molar-refractivity contribution in [3.63, 3.8) is 0 Å². The van der Waals surface area contributed by atoms with E-state index in [2.05, 4.69) is 5.32 Å². The van der Waals surface area contributed by atoms with Gasteiger partial charge >= 0.3 is 0 Å². The molecule has 0 bridgehead atoms. The summed E-state index contributed by atoms with van der Waals surface area (Å²) in [6.07, 6.45) is 0.182. The van der Waals surface area contributed by atoms with Gasteiger partial charge in [0, 0.05) is 31.5 Å². The van der Waals surface area contributed by atoms with Gasteiger partial charge in [-0.3, -0.25) is 9.59 Å². The number of nitrogens with zero attached hydrogens (tertiary/aromatic N) is 1. The molecule has 1 aliphatic rings. The van der Waals surface area contributed by atoms with Crippen LogP contribution in [0.3, 0.4) is 0 Å². The van der Waals surface area contributed by atoms with Gasteiger partial charge in [0.1, 0.15) is 12.2 Å². The summed E-state index contributed by atoms with van der Waals surface area (Å²) in [5.41, 5.74) is 1.63. The van der Waals surface area contributed by atoms with E-state index in [4.69, 9.17) is 32.7 Å². The molecule has 1 aliphatic carbocycles. The topological polar surface area (TPSA) is 129 Å². The van der Waals surface area contributed by atoms with Crippen molar-refractivity contribution in [2.45, 2.75) is 57.6 Å². The fourth-order valence-electron chi connectivity index (χ4n) is 4.48. The number of aliphatic hydroxyl groups is 3. The first-order valence-electron chi connectivity index (χ1n) is 12.8. The average molecular weight is 707 g/mol. The summed E-state index contributed by atoms with van der Waals surface area (Å²) in [7, 11) is 1.46. The number of methoxy groups -OCH3 is 1. The summed E-state index contributed by atoms with van der Waals surface area (Å²) in [6.45, 7) is 1.62. The van der Waals surface area contributed by atoms with Gasteiger partial charge in [-0.15, -0.1) is 0 Å². The Morgan fingerprint density at radius 3 is 2.52 bits per heavy atom. The molecule has 2 amide bonds. The lowest BCUT2D eigenvalue weighted by molar-refractivity contribution is -0.139. The molecule has 0 heterocycles. The number of halogens is 3. The highest BCUT2D eigenvalue weighted by Crippen LogP contribution is 2.37. The van der Waals surface area contributed by atoms with Crippen LogP contribution in [0, 0.1) is 3.57 Å². The van der Waals surface area contributed by atoms with Crippen molar-refractivity contribution in [2.75, 3.05) is 20.3 Å². The quantitative estimate of drug-likeness (QED) is 0.247. The Morgan fingerprint density at radius 2 is 1.90 bits per heavy atom. The maximum atomic E-state index is 13.4. The van der Waals surface area contributed by atoms with Crippen LogP contribution >= 0.6 is 45.8 Å². The minimum atomic E-state index is -1.21. The molecular formula is C28H33Cl2IN2O7. The molecule has 12 heteroatoms. The molecule has 2 aromatic carbocycles. The Kier molecular flexibility index (Phi) is 12.3. The van der Waals surface area contributed by atoms with E-state index in [-0.39, 0.29) is 45.1 Å². The van der Waals surface area contributed by atoms with Crippen LogP contribution in [0.2, 0.25) is 10.0 Å². The minimum absolute atomic E-state index is 0.0466. The number of nitrogens with one attached hydrogen (secondary N) is 1. The maximum Gasteiger partial charge on any atom is 0.247 e. The van der Waals surface area contributed by atoms with Crippen LogP contribution in [-0.4, -0.2) is 70.5 Å². The molecule has 0 aromatic heterocycles. The van der Waals surface area contributed by atoms with Crippen molar-refractivity contribution in [2.24, 2.45) is 0 Å². The highest BCUT2D eigenvalue weighted by atomic mass is 127. The second kappa shape index (κ2) is 15.2. The van der Waals surface area contributed by atoms with Crippen molar-refractivity contribution < 1.29 is 34.4 Å². The van der Waals surface area contributed by atoms with Gasteiger partial charge in [0.25, 0.3) is 0 Å². The molecule has 0 unspecified atom stereocenters. The number of ether oxygens (including phenoxy) is 2. The molecule has 0 radical (unpaired) electrons. The summed E-state index contributed by atoms with van der Waals surface area (Å²) >= 11 is 14.4. The van der Waals surface area contributed by atoms with Crippen molar-refractivity contribution in [1.82, 2.24) is 10.2 Å².